The standard InChI is InChI=1S/C12H25N/c1-10(2)11(3)13-12-8-6-4-5-7-9-12/h10-13H,4-9H2,1-3H3/t11-/m0/s1. The summed E-state index contributed by atoms with van der Waals surface area (Å²) in [6.45, 7) is 6.91. The van der Waals surface area contributed by atoms with E-state index >= 15 is 0 Å². The molecule has 0 aromatic rings. The number of hydrogen-bond acceptors (Lipinski definition) is 1. The first kappa shape index (κ1) is 11.0. The molecule has 1 aliphatic carbocycles. The molecule has 0 unspecified atom stereocenters. The molecule has 78 valence electrons. The lowest BCUT2D eigenvalue weighted by Gasteiger charge is -2.24. The molecule has 1 rings (SSSR count). The Kier molecular flexibility index (Phi) is 4.79. The third-order valence-corrected chi connectivity index (χ3v) is 3.35. The van der Waals surface area contributed by atoms with Crippen LogP contribution in [-0.2, 0) is 0 Å². The molecule has 0 spiro atoms. The van der Waals surface area contributed by atoms with E-state index in [9.17, 15) is 0 Å². The fourth-order valence-electron chi connectivity index (χ4n) is 2.01. The number of hydrogen-bond donors (Lipinski definition) is 1. The molecule has 1 atom stereocenters. The second kappa shape index (κ2) is 5.64. The van der Waals surface area contributed by atoms with Gasteiger partial charge >= 0.3 is 0 Å². The van der Waals surface area contributed by atoms with Gasteiger partial charge in [0.25, 0.3) is 0 Å². The normalized spacial score (nSPS) is 23.1. The zero-order chi connectivity index (χ0) is 9.68. The van der Waals surface area contributed by atoms with Crippen molar-refractivity contribution in [2.24, 2.45) is 5.92 Å². The summed E-state index contributed by atoms with van der Waals surface area (Å²) < 4.78 is 0. The molecule has 0 radical (unpaired) electrons. The van der Waals surface area contributed by atoms with Crippen LogP contribution in [0.1, 0.15) is 59.3 Å². The summed E-state index contributed by atoms with van der Waals surface area (Å²) in [6.07, 6.45) is 8.57. The van der Waals surface area contributed by atoms with Crippen molar-refractivity contribution in [1.29, 1.82) is 0 Å². The van der Waals surface area contributed by atoms with E-state index < -0.39 is 0 Å². The van der Waals surface area contributed by atoms with Gasteiger partial charge in [0.05, 0.1) is 0 Å². The lowest BCUT2D eigenvalue weighted by atomic mass is 10.0. The smallest absolute Gasteiger partial charge is 0.00696 e. The van der Waals surface area contributed by atoms with E-state index in [-0.39, 0.29) is 0 Å². The Morgan fingerprint density at radius 3 is 1.92 bits per heavy atom. The minimum Gasteiger partial charge on any atom is -0.311 e. The molecule has 0 aliphatic heterocycles. The van der Waals surface area contributed by atoms with Crippen LogP contribution in [0.5, 0.6) is 0 Å². The highest BCUT2D eigenvalue weighted by atomic mass is 14.9. The van der Waals surface area contributed by atoms with Crippen LogP contribution in [0.3, 0.4) is 0 Å². The summed E-state index contributed by atoms with van der Waals surface area (Å²) in [6, 6.07) is 1.49. The number of nitrogens with one attached hydrogen (secondary N) is 1. The molecule has 0 saturated heterocycles. The highest BCUT2D eigenvalue weighted by molar-refractivity contribution is 4.75. The van der Waals surface area contributed by atoms with Crippen molar-refractivity contribution in [3.05, 3.63) is 0 Å². The fraction of sp³-hybridized carbons (Fsp3) is 1.00. The van der Waals surface area contributed by atoms with Gasteiger partial charge in [-0.25, -0.2) is 0 Å². The van der Waals surface area contributed by atoms with E-state index in [1.807, 2.05) is 0 Å². The molecular formula is C12H25N. The van der Waals surface area contributed by atoms with Gasteiger partial charge in [0.2, 0.25) is 0 Å². The van der Waals surface area contributed by atoms with Crippen LogP contribution in [0, 0.1) is 5.92 Å². The van der Waals surface area contributed by atoms with E-state index in [1.165, 1.54) is 38.5 Å². The molecule has 1 fully saturated rings. The average Bonchev–Trinajstić information content (AvgIpc) is 2.32. The first-order valence-corrected chi connectivity index (χ1v) is 5.96. The Bertz CT molecular complexity index is 123. The molecule has 1 N–H and O–H groups in total. The highest BCUT2D eigenvalue weighted by Gasteiger charge is 2.15. The van der Waals surface area contributed by atoms with Crippen LogP contribution in [-0.4, -0.2) is 12.1 Å². The van der Waals surface area contributed by atoms with Crippen LogP contribution in [0.2, 0.25) is 0 Å². The van der Waals surface area contributed by atoms with Crippen molar-refractivity contribution in [3.8, 4) is 0 Å². The molecule has 0 heterocycles. The maximum Gasteiger partial charge on any atom is 0.00696 e. The zero-order valence-electron chi connectivity index (χ0n) is 9.47. The van der Waals surface area contributed by atoms with Crippen LogP contribution < -0.4 is 5.32 Å². The Labute approximate surface area is 83.3 Å². The summed E-state index contributed by atoms with van der Waals surface area (Å²) in [4.78, 5) is 0. The maximum atomic E-state index is 3.76. The third-order valence-electron chi connectivity index (χ3n) is 3.35. The first-order chi connectivity index (χ1) is 6.20. The van der Waals surface area contributed by atoms with Gasteiger partial charge in [-0.15, -0.1) is 0 Å². The molecule has 1 saturated carbocycles. The van der Waals surface area contributed by atoms with Crippen LogP contribution >= 0.6 is 0 Å². The van der Waals surface area contributed by atoms with Crippen molar-refractivity contribution in [2.45, 2.75) is 71.4 Å². The van der Waals surface area contributed by atoms with E-state index in [0.29, 0.717) is 6.04 Å². The molecule has 0 bridgehead atoms. The van der Waals surface area contributed by atoms with Gasteiger partial charge in [-0.1, -0.05) is 39.5 Å². The van der Waals surface area contributed by atoms with Crippen molar-refractivity contribution in [3.63, 3.8) is 0 Å². The van der Waals surface area contributed by atoms with Gasteiger partial charge in [0.15, 0.2) is 0 Å². The molecule has 0 amide bonds. The van der Waals surface area contributed by atoms with Gasteiger partial charge < -0.3 is 5.32 Å². The highest BCUT2D eigenvalue weighted by Crippen LogP contribution is 2.18. The van der Waals surface area contributed by atoms with Crippen molar-refractivity contribution < 1.29 is 0 Å². The van der Waals surface area contributed by atoms with Gasteiger partial charge in [-0.2, -0.15) is 0 Å². The van der Waals surface area contributed by atoms with Gasteiger partial charge in [0.1, 0.15) is 0 Å². The Hall–Kier alpha value is -0.0400. The van der Waals surface area contributed by atoms with Crippen molar-refractivity contribution in [1.82, 2.24) is 5.32 Å². The lowest BCUT2D eigenvalue weighted by Crippen LogP contribution is -2.39. The summed E-state index contributed by atoms with van der Waals surface area (Å²) in [5, 5.41) is 3.76. The fourth-order valence-corrected chi connectivity index (χ4v) is 2.01. The average molecular weight is 183 g/mol. The largest absolute Gasteiger partial charge is 0.311 e. The quantitative estimate of drug-likeness (QED) is 0.662. The van der Waals surface area contributed by atoms with Crippen LogP contribution in [0.15, 0.2) is 0 Å². The molecule has 1 nitrogen and oxygen atoms in total. The van der Waals surface area contributed by atoms with E-state index in [4.69, 9.17) is 0 Å². The van der Waals surface area contributed by atoms with Gasteiger partial charge in [-0.05, 0) is 25.7 Å². The van der Waals surface area contributed by atoms with E-state index in [0.717, 1.165) is 12.0 Å². The Morgan fingerprint density at radius 1 is 0.923 bits per heavy atom. The second-order valence-corrected chi connectivity index (χ2v) is 4.89. The van der Waals surface area contributed by atoms with Gasteiger partial charge in [-0.3, -0.25) is 0 Å². The summed E-state index contributed by atoms with van der Waals surface area (Å²) in [7, 11) is 0. The van der Waals surface area contributed by atoms with Crippen LogP contribution in [0.25, 0.3) is 0 Å². The van der Waals surface area contributed by atoms with Crippen molar-refractivity contribution in [2.75, 3.05) is 0 Å². The molecule has 13 heavy (non-hydrogen) atoms. The summed E-state index contributed by atoms with van der Waals surface area (Å²) in [5.74, 6) is 0.767. The Morgan fingerprint density at radius 2 is 1.46 bits per heavy atom. The second-order valence-electron chi connectivity index (χ2n) is 4.89. The van der Waals surface area contributed by atoms with E-state index in [1.54, 1.807) is 0 Å². The van der Waals surface area contributed by atoms with E-state index in [2.05, 4.69) is 26.1 Å². The maximum absolute atomic E-state index is 3.76. The molecule has 0 aromatic heterocycles. The summed E-state index contributed by atoms with van der Waals surface area (Å²) >= 11 is 0. The first-order valence-electron chi connectivity index (χ1n) is 5.96. The van der Waals surface area contributed by atoms with Crippen LogP contribution in [0.4, 0.5) is 0 Å². The lowest BCUT2D eigenvalue weighted by molar-refractivity contribution is 0.349. The number of rotatable bonds is 3. The predicted octanol–water partition coefficient (Wildman–Crippen LogP) is 3.34. The molecule has 1 aliphatic rings. The van der Waals surface area contributed by atoms with Gasteiger partial charge in [0, 0.05) is 12.1 Å². The Balaban J connectivity index is 2.25. The minimum atomic E-state index is 0.683. The monoisotopic (exact) mass is 183 g/mol. The topological polar surface area (TPSA) is 12.0 Å². The van der Waals surface area contributed by atoms with Crippen molar-refractivity contribution >= 4 is 0 Å². The zero-order valence-corrected chi connectivity index (χ0v) is 9.47. The summed E-state index contributed by atoms with van der Waals surface area (Å²) in [5.41, 5.74) is 0. The predicted molar refractivity (Wildman–Crippen MR) is 58.9 cm³/mol. The minimum absolute atomic E-state index is 0.683. The molecule has 1 heteroatoms. The SMILES string of the molecule is CC(C)[C@H](C)NC1CCCCCC1. The molecular weight excluding hydrogens is 158 g/mol. The third kappa shape index (κ3) is 4.12. The molecule has 0 aromatic carbocycles.